The Bertz CT molecular complexity index is 835. The van der Waals surface area contributed by atoms with Gasteiger partial charge in [-0.2, -0.15) is 5.10 Å². The number of hydrogen-bond acceptors (Lipinski definition) is 4. The topological polar surface area (TPSA) is 88.1 Å². The molecule has 2 fully saturated rings. The Morgan fingerprint density at radius 3 is 3.07 bits per heavy atom. The summed E-state index contributed by atoms with van der Waals surface area (Å²) >= 11 is 0. The van der Waals surface area contributed by atoms with Gasteiger partial charge in [0.15, 0.2) is 0 Å². The largest absolute Gasteiger partial charge is 0.351 e. The smallest absolute Gasteiger partial charge is 0.246 e. The number of benzene rings is 1. The summed E-state index contributed by atoms with van der Waals surface area (Å²) in [6.07, 6.45) is 7.86. The first-order chi connectivity index (χ1) is 13.7. The number of nitrogens with one attached hydrogen (secondary N) is 3. The van der Waals surface area contributed by atoms with Crippen molar-refractivity contribution in [2.24, 2.45) is 11.3 Å². The van der Waals surface area contributed by atoms with E-state index < -0.39 is 0 Å². The number of fused-ring (bicyclic) bond motifs is 1. The molecule has 0 bridgehead atoms. The van der Waals surface area contributed by atoms with Crippen molar-refractivity contribution < 1.29 is 9.59 Å². The minimum absolute atomic E-state index is 0.133. The Labute approximate surface area is 164 Å². The van der Waals surface area contributed by atoms with E-state index in [-0.39, 0.29) is 23.8 Å². The van der Waals surface area contributed by atoms with E-state index >= 15 is 0 Å². The summed E-state index contributed by atoms with van der Waals surface area (Å²) in [5.74, 6) is 0.482. The van der Waals surface area contributed by atoms with Crippen LogP contribution in [0.2, 0.25) is 0 Å². The number of aromatic nitrogens is 2. The number of carbonyl (C=O) groups excluding carboxylic acids is 2. The summed E-state index contributed by atoms with van der Waals surface area (Å²) in [5.41, 5.74) is 1.45. The molecule has 1 aliphatic heterocycles. The van der Waals surface area contributed by atoms with Crippen LogP contribution in [0.3, 0.4) is 0 Å². The summed E-state index contributed by atoms with van der Waals surface area (Å²) in [6.45, 7) is 2.37. The van der Waals surface area contributed by atoms with Crippen LogP contribution in [-0.2, 0) is 22.7 Å². The maximum absolute atomic E-state index is 13.0. The van der Waals surface area contributed by atoms with Crippen molar-refractivity contribution in [3.63, 3.8) is 0 Å². The normalized spacial score (nSPS) is 23.8. The van der Waals surface area contributed by atoms with E-state index in [1.54, 1.807) is 23.1 Å². The first-order valence-electron chi connectivity index (χ1n) is 10.0. The van der Waals surface area contributed by atoms with Crippen molar-refractivity contribution in [3.8, 4) is 0 Å². The fraction of sp³-hybridized carbons (Fsp3) is 0.476. The van der Waals surface area contributed by atoms with Gasteiger partial charge in [-0.3, -0.25) is 14.3 Å². The second kappa shape index (κ2) is 8.14. The molecule has 1 saturated carbocycles. The maximum Gasteiger partial charge on any atom is 0.246 e. The monoisotopic (exact) mass is 381 g/mol. The van der Waals surface area contributed by atoms with E-state index in [0.717, 1.165) is 43.6 Å². The summed E-state index contributed by atoms with van der Waals surface area (Å²) in [5, 5.41) is 13.5. The highest BCUT2D eigenvalue weighted by molar-refractivity contribution is 5.90. The molecule has 2 amide bonds. The number of anilines is 1. The van der Waals surface area contributed by atoms with Crippen molar-refractivity contribution in [3.05, 3.63) is 48.3 Å². The molecule has 2 aliphatic rings. The van der Waals surface area contributed by atoms with Crippen LogP contribution < -0.4 is 16.0 Å². The molecule has 7 nitrogen and oxygen atoms in total. The molecule has 7 heteroatoms. The van der Waals surface area contributed by atoms with Crippen molar-refractivity contribution in [2.75, 3.05) is 18.4 Å². The van der Waals surface area contributed by atoms with Gasteiger partial charge in [0.05, 0.1) is 5.41 Å². The van der Waals surface area contributed by atoms with Crippen molar-refractivity contribution in [1.29, 1.82) is 0 Å². The van der Waals surface area contributed by atoms with Crippen molar-refractivity contribution >= 4 is 17.5 Å². The number of nitrogens with zero attached hydrogens (tertiary/aromatic N) is 2. The van der Waals surface area contributed by atoms with Gasteiger partial charge in [0.2, 0.25) is 11.8 Å². The predicted octanol–water partition coefficient (Wildman–Crippen LogP) is 1.92. The van der Waals surface area contributed by atoms with Gasteiger partial charge in [0, 0.05) is 31.2 Å². The molecule has 0 radical (unpaired) electrons. The van der Waals surface area contributed by atoms with Gasteiger partial charge in [-0.15, -0.1) is 0 Å². The van der Waals surface area contributed by atoms with Gasteiger partial charge in [0.25, 0.3) is 0 Å². The molecule has 3 N–H and O–H groups in total. The van der Waals surface area contributed by atoms with Gasteiger partial charge in [-0.1, -0.05) is 25.0 Å². The van der Waals surface area contributed by atoms with Crippen LogP contribution in [0.5, 0.6) is 0 Å². The van der Waals surface area contributed by atoms with E-state index in [1.807, 2.05) is 24.3 Å². The molecule has 28 heavy (non-hydrogen) atoms. The van der Waals surface area contributed by atoms with Crippen LogP contribution in [0.25, 0.3) is 0 Å². The zero-order valence-electron chi connectivity index (χ0n) is 16.0. The Morgan fingerprint density at radius 2 is 2.21 bits per heavy atom. The number of amides is 2. The Kier molecular flexibility index (Phi) is 5.43. The molecule has 1 aromatic heterocycles. The fourth-order valence-electron chi connectivity index (χ4n) is 4.55. The van der Waals surface area contributed by atoms with Gasteiger partial charge in [-0.05, 0) is 49.1 Å². The molecule has 1 aliphatic carbocycles. The van der Waals surface area contributed by atoms with Gasteiger partial charge < -0.3 is 16.0 Å². The molecule has 0 spiro atoms. The third kappa shape index (κ3) is 3.94. The molecule has 1 saturated heterocycles. The number of hydrogen-bond donors (Lipinski definition) is 3. The van der Waals surface area contributed by atoms with E-state index in [1.165, 1.54) is 6.42 Å². The van der Waals surface area contributed by atoms with Crippen LogP contribution in [0, 0.1) is 11.3 Å². The van der Waals surface area contributed by atoms with Crippen LogP contribution in [0.15, 0.2) is 42.7 Å². The van der Waals surface area contributed by atoms with Gasteiger partial charge in [0.1, 0.15) is 6.54 Å². The predicted molar refractivity (Wildman–Crippen MR) is 106 cm³/mol. The zero-order valence-corrected chi connectivity index (χ0v) is 16.0. The minimum atomic E-state index is -0.242. The highest BCUT2D eigenvalue weighted by atomic mass is 16.2. The summed E-state index contributed by atoms with van der Waals surface area (Å²) in [4.78, 5) is 25.1. The lowest BCUT2D eigenvalue weighted by molar-refractivity contribution is -0.134. The zero-order chi connectivity index (χ0) is 19.4. The summed E-state index contributed by atoms with van der Waals surface area (Å²) < 4.78 is 1.58. The lowest BCUT2D eigenvalue weighted by Crippen LogP contribution is -2.47. The van der Waals surface area contributed by atoms with Crippen molar-refractivity contribution in [2.45, 2.75) is 38.8 Å². The van der Waals surface area contributed by atoms with Crippen LogP contribution in [-0.4, -0.2) is 34.7 Å². The molecule has 0 unspecified atom stereocenters. The Morgan fingerprint density at radius 1 is 1.29 bits per heavy atom. The Balaban J connectivity index is 1.34. The molecule has 2 atom stereocenters. The molecule has 2 aromatic rings. The second-order valence-corrected chi connectivity index (χ2v) is 7.86. The highest BCUT2D eigenvalue weighted by Crippen LogP contribution is 2.43. The van der Waals surface area contributed by atoms with E-state index in [9.17, 15) is 9.59 Å². The van der Waals surface area contributed by atoms with Gasteiger partial charge in [-0.25, -0.2) is 0 Å². The number of carbonyl (C=O) groups is 2. The van der Waals surface area contributed by atoms with Crippen LogP contribution >= 0.6 is 0 Å². The SMILES string of the molecule is O=C(Cn1cccn1)Nc1cccc(CNC(=O)[C@@]23CCCC[C@H]2CNC3)c1. The van der Waals surface area contributed by atoms with Crippen molar-refractivity contribution in [1.82, 2.24) is 20.4 Å². The minimum Gasteiger partial charge on any atom is -0.351 e. The molecular formula is C21H27N5O2. The molecule has 2 heterocycles. The summed E-state index contributed by atoms with van der Waals surface area (Å²) in [6, 6.07) is 9.40. The maximum atomic E-state index is 13.0. The molecule has 1 aromatic carbocycles. The van der Waals surface area contributed by atoms with Crippen LogP contribution in [0.4, 0.5) is 5.69 Å². The summed E-state index contributed by atoms with van der Waals surface area (Å²) in [7, 11) is 0. The second-order valence-electron chi connectivity index (χ2n) is 7.86. The molecular weight excluding hydrogens is 354 g/mol. The van der Waals surface area contributed by atoms with E-state index in [4.69, 9.17) is 0 Å². The van der Waals surface area contributed by atoms with E-state index in [2.05, 4.69) is 21.0 Å². The highest BCUT2D eigenvalue weighted by Gasteiger charge is 2.49. The van der Waals surface area contributed by atoms with Gasteiger partial charge >= 0.3 is 0 Å². The standard InChI is InChI=1S/C21H27N5O2/c27-19(14-26-10-4-9-24-26)25-18-7-3-5-16(11-18)12-23-20(28)21-8-2-1-6-17(21)13-22-15-21/h3-5,7,9-11,17,22H,1-2,6,8,12-15H2,(H,23,28)(H,25,27)/t17-,21+/m0/s1. The number of rotatable bonds is 6. The van der Waals surface area contributed by atoms with Crippen LogP contribution in [0.1, 0.15) is 31.2 Å². The third-order valence-electron chi connectivity index (χ3n) is 6.02. The molecule has 148 valence electrons. The Hall–Kier alpha value is -2.67. The first-order valence-corrected chi connectivity index (χ1v) is 10.0. The first kappa shape index (κ1) is 18.7. The lowest BCUT2D eigenvalue weighted by atomic mass is 9.67. The third-order valence-corrected chi connectivity index (χ3v) is 6.02. The quantitative estimate of drug-likeness (QED) is 0.713. The molecule has 4 rings (SSSR count). The average Bonchev–Trinajstić information content (AvgIpc) is 3.36. The average molecular weight is 381 g/mol. The lowest BCUT2D eigenvalue weighted by Gasteiger charge is -2.37. The van der Waals surface area contributed by atoms with E-state index in [0.29, 0.717) is 12.5 Å². The fourth-order valence-corrected chi connectivity index (χ4v) is 4.55.